The molecule has 2 saturated heterocycles. The molecule has 0 radical (unpaired) electrons. The summed E-state index contributed by atoms with van der Waals surface area (Å²) in [6.45, 7) is 16.3. The number of carbonyl (C=O) groups excluding carboxylic acids is 2. The Labute approximate surface area is 236 Å². The summed E-state index contributed by atoms with van der Waals surface area (Å²) in [5, 5.41) is 19.7. The summed E-state index contributed by atoms with van der Waals surface area (Å²) < 4.78 is 11.6. The summed E-state index contributed by atoms with van der Waals surface area (Å²) in [6, 6.07) is 1.83. The Morgan fingerprint density at radius 1 is 0.600 bits per heavy atom. The van der Waals surface area contributed by atoms with E-state index in [1.807, 2.05) is 69.5 Å². The standard InChI is InChI=1S/C30H44N2O8/c1-27(2)13-17(14-28(3,4)31(27)9)39-25(37)21-12-22(20(24(35)36)11-19(21)23(33)34)26(38)40-18-15-29(5,6)32(10)30(7,8)16-18/h11-12,17-18H,13-16H2,1-10H3,(H,33,34)(H,35,36). The number of carboxylic acid groups (broad SMARTS) is 2. The minimum absolute atomic E-state index is 0.292. The summed E-state index contributed by atoms with van der Waals surface area (Å²) >= 11 is 0. The van der Waals surface area contributed by atoms with Crippen LogP contribution in [0.25, 0.3) is 0 Å². The van der Waals surface area contributed by atoms with Gasteiger partial charge in [0.1, 0.15) is 12.2 Å². The molecule has 2 fully saturated rings. The number of carboxylic acids is 2. The smallest absolute Gasteiger partial charge is 0.339 e. The number of hydrogen-bond donors (Lipinski definition) is 2. The van der Waals surface area contributed by atoms with Gasteiger partial charge in [-0.05, 0) is 81.6 Å². The number of rotatable bonds is 6. The summed E-state index contributed by atoms with van der Waals surface area (Å²) in [5.41, 5.74) is -3.04. The molecule has 10 nitrogen and oxygen atoms in total. The van der Waals surface area contributed by atoms with Crippen LogP contribution in [0.3, 0.4) is 0 Å². The largest absolute Gasteiger partial charge is 0.478 e. The number of esters is 2. The number of nitrogens with zero attached hydrogens (tertiary/aromatic N) is 2. The van der Waals surface area contributed by atoms with Crippen LogP contribution in [0.2, 0.25) is 0 Å². The van der Waals surface area contributed by atoms with Crippen LogP contribution < -0.4 is 0 Å². The maximum absolute atomic E-state index is 13.4. The molecule has 1 aromatic rings. The van der Waals surface area contributed by atoms with Crippen LogP contribution in [0.1, 0.15) is 123 Å². The zero-order valence-electron chi connectivity index (χ0n) is 25.4. The first-order valence-electron chi connectivity index (χ1n) is 13.6. The van der Waals surface area contributed by atoms with Crippen molar-refractivity contribution in [1.82, 2.24) is 9.80 Å². The number of piperidine rings is 2. The van der Waals surface area contributed by atoms with Gasteiger partial charge in [-0.3, -0.25) is 9.80 Å². The van der Waals surface area contributed by atoms with E-state index in [1.165, 1.54) is 0 Å². The highest BCUT2D eigenvalue weighted by Crippen LogP contribution is 2.40. The molecule has 0 aliphatic carbocycles. The Morgan fingerprint density at radius 2 is 0.850 bits per heavy atom. The molecule has 0 atom stereocenters. The Hall–Kier alpha value is -2.98. The van der Waals surface area contributed by atoms with Crippen molar-refractivity contribution in [1.29, 1.82) is 0 Å². The monoisotopic (exact) mass is 560 g/mol. The second kappa shape index (κ2) is 10.4. The minimum atomic E-state index is -1.50. The van der Waals surface area contributed by atoms with E-state index in [0.717, 1.165) is 12.1 Å². The van der Waals surface area contributed by atoms with E-state index < -0.39 is 47.2 Å². The molecule has 0 spiro atoms. The number of hydrogen-bond acceptors (Lipinski definition) is 8. The van der Waals surface area contributed by atoms with E-state index in [1.54, 1.807) is 0 Å². The lowest BCUT2D eigenvalue weighted by Crippen LogP contribution is -2.60. The van der Waals surface area contributed by atoms with Gasteiger partial charge in [-0.25, -0.2) is 19.2 Å². The molecule has 2 heterocycles. The molecule has 40 heavy (non-hydrogen) atoms. The molecule has 0 bridgehead atoms. The molecule has 2 N–H and O–H groups in total. The lowest BCUT2D eigenvalue weighted by Gasteiger charge is -2.53. The maximum Gasteiger partial charge on any atom is 0.339 e. The zero-order chi connectivity index (χ0) is 30.6. The molecule has 0 amide bonds. The van der Waals surface area contributed by atoms with Gasteiger partial charge < -0.3 is 19.7 Å². The molecule has 2 aliphatic rings. The van der Waals surface area contributed by atoms with Crippen molar-refractivity contribution in [2.24, 2.45) is 0 Å². The zero-order valence-corrected chi connectivity index (χ0v) is 25.4. The molecule has 1 aromatic carbocycles. The number of benzene rings is 1. The molecule has 2 aliphatic heterocycles. The third-order valence-corrected chi connectivity index (χ3v) is 9.15. The van der Waals surface area contributed by atoms with Crippen LogP contribution in [0.5, 0.6) is 0 Å². The molecular formula is C30H44N2O8. The topological polar surface area (TPSA) is 134 Å². The van der Waals surface area contributed by atoms with Crippen molar-refractivity contribution in [3.63, 3.8) is 0 Å². The summed E-state index contributed by atoms with van der Waals surface area (Å²) in [6.07, 6.45) is 1.06. The average Bonchev–Trinajstić information content (AvgIpc) is 2.79. The van der Waals surface area contributed by atoms with Crippen LogP contribution in [0.15, 0.2) is 12.1 Å². The third kappa shape index (κ3) is 6.17. The average molecular weight is 561 g/mol. The SMILES string of the molecule is CN1C(C)(C)CC(OC(=O)c2cc(C(=O)OC3CC(C)(C)N(C)C(C)(C)C3)c(C(=O)O)cc2C(=O)O)CC1(C)C. The molecule has 0 unspecified atom stereocenters. The van der Waals surface area contributed by atoms with Gasteiger partial charge >= 0.3 is 23.9 Å². The Kier molecular flexibility index (Phi) is 8.24. The van der Waals surface area contributed by atoms with E-state index in [-0.39, 0.29) is 33.3 Å². The number of aromatic carboxylic acids is 2. The van der Waals surface area contributed by atoms with Crippen LogP contribution >= 0.6 is 0 Å². The first kappa shape index (κ1) is 31.5. The Balaban J connectivity index is 1.97. The Bertz CT molecular complexity index is 1090. The minimum Gasteiger partial charge on any atom is -0.478 e. The normalized spacial score (nSPS) is 22.9. The van der Waals surface area contributed by atoms with E-state index in [0.29, 0.717) is 25.7 Å². The quantitative estimate of drug-likeness (QED) is 0.472. The van der Waals surface area contributed by atoms with Crippen molar-refractivity contribution in [2.45, 2.75) is 115 Å². The van der Waals surface area contributed by atoms with E-state index in [2.05, 4.69) is 9.80 Å². The van der Waals surface area contributed by atoms with Gasteiger partial charge in [-0.1, -0.05) is 0 Å². The van der Waals surface area contributed by atoms with Crippen molar-refractivity contribution < 1.29 is 38.9 Å². The van der Waals surface area contributed by atoms with Crippen molar-refractivity contribution in [3.05, 3.63) is 34.4 Å². The molecule has 0 saturated carbocycles. The van der Waals surface area contributed by atoms with Crippen molar-refractivity contribution in [3.8, 4) is 0 Å². The number of likely N-dealkylation sites (tertiary alicyclic amines) is 2. The highest BCUT2D eigenvalue weighted by Gasteiger charge is 2.46. The van der Waals surface area contributed by atoms with E-state index in [9.17, 15) is 29.4 Å². The second-order valence-electron chi connectivity index (χ2n) is 13.8. The van der Waals surface area contributed by atoms with Crippen molar-refractivity contribution >= 4 is 23.9 Å². The summed E-state index contributed by atoms with van der Waals surface area (Å²) in [5.74, 6) is -4.85. The lowest BCUT2D eigenvalue weighted by molar-refractivity contribution is -0.0737. The van der Waals surface area contributed by atoms with Crippen LogP contribution in [0.4, 0.5) is 0 Å². The first-order valence-corrected chi connectivity index (χ1v) is 13.6. The highest BCUT2D eigenvalue weighted by atomic mass is 16.5. The molecular weight excluding hydrogens is 516 g/mol. The lowest BCUT2D eigenvalue weighted by atomic mass is 9.78. The van der Waals surface area contributed by atoms with Gasteiger partial charge in [0.2, 0.25) is 0 Å². The number of ether oxygens (including phenoxy) is 2. The van der Waals surface area contributed by atoms with Gasteiger partial charge in [0.15, 0.2) is 0 Å². The van der Waals surface area contributed by atoms with E-state index >= 15 is 0 Å². The predicted molar refractivity (Wildman–Crippen MR) is 149 cm³/mol. The van der Waals surface area contributed by atoms with Crippen LogP contribution in [-0.2, 0) is 9.47 Å². The fourth-order valence-corrected chi connectivity index (χ4v) is 6.45. The van der Waals surface area contributed by atoms with Crippen molar-refractivity contribution in [2.75, 3.05) is 14.1 Å². The second-order valence-corrected chi connectivity index (χ2v) is 13.8. The summed E-state index contributed by atoms with van der Waals surface area (Å²) in [7, 11) is 4.02. The summed E-state index contributed by atoms with van der Waals surface area (Å²) in [4.78, 5) is 55.4. The molecule has 0 aromatic heterocycles. The number of carbonyl (C=O) groups is 4. The van der Waals surface area contributed by atoms with Gasteiger partial charge in [0.25, 0.3) is 0 Å². The molecule has 3 rings (SSSR count). The van der Waals surface area contributed by atoms with Gasteiger partial charge in [0.05, 0.1) is 22.3 Å². The van der Waals surface area contributed by atoms with Gasteiger partial charge in [0, 0.05) is 47.8 Å². The predicted octanol–water partition coefficient (Wildman–Crippen LogP) is 4.70. The fraction of sp³-hybridized carbons (Fsp3) is 0.667. The van der Waals surface area contributed by atoms with Gasteiger partial charge in [-0.15, -0.1) is 0 Å². The molecule has 10 heteroatoms. The highest BCUT2D eigenvalue weighted by molar-refractivity contribution is 6.09. The first-order chi connectivity index (χ1) is 18.1. The van der Waals surface area contributed by atoms with Gasteiger partial charge in [-0.2, -0.15) is 0 Å². The fourth-order valence-electron chi connectivity index (χ4n) is 6.45. The van der Waals surface area contributed by atoms with Crippen LogP contribution in [-0.4, -0.2) is 92.3 Å². The maximum atomic E-state index is 13.4. The Morgan fingerprint density at radius 3 is 1.10 bits per heavy atom. The third-order valence-electron chi connectivity index (χ3n) is 9.15. The molecule has 222 valence electrons. The van der Waals surface area contributed by atoms with Crippen LogP contribution in [0, 0.1) is 0 Å². The van der Waals surface area contributed by atoms with E-state index in [4.69, 9.17) is 9.47 Å².